The molecule has 1 saturated heterocycles. The lowest BCUT2D eigenvalue weighted by Gasteiger charge is -2.40. The number of halogens is 1. The standard InChI is InChI=1S/C22H34ClNO2Si/c1-22(2,3)27(4,5)26-19-12-17-11-18(17)13-20(23)21(25)24(15-19)14-16-9-7-6-8-10-16/h6-10,17-20H,11-15H2,1-5H3/t17-,18-,19+,20+/m0/s1. The van der Waals surface area contributed by atoms with Crippen molar-refractivity contribution in [1.29, 1.82) is 0 Å². The molecule has 0 bridgehead atoms. The SMILES string of the molecule is CC(C)(C)[Si](C)(C)O[C@@H]1C[C@@H]2C[C@H]2C[C@@H](Cl)C(=O)N(Cc2ccccc2)C1. The molecule has 1 aromatic carbocycles. The molecule has 4 atom stereocenters. The Morgan fingerprint density at radius 1 is 1.11 bits per heavy atom. The summed E-state index contributed by atoms with van der Waals surface area (Å²) in [5.74, 6) is 1.33. The van der Waals surface area contributed by atoms with Gasteiger partial charge in [-0.1, -0.05) is 51.1 Å². The van der Waals surface area contributed by atoms with Crippen molar-refractivity contribution in [3.8, 4) is 0 Å². The molecule has 0 unspecified atom stereocenters. The van der Waals surface area contributed by atoms with Gasteiger partial charge in [-0.15, -0.1) is 11.6 Å². The van der Waals surface area contributed by atoms with Gasteiger partial charge in [0.15, 0.2) is 8.32 Å². The van der Waals surface area contributed by atoms with Gasteiger partial charge in [0, 0.05) is 13.1 Å². The molecule has 1 saturated carbocycles. The van der Waals surface area contributed by atoms with Crippen molar-refractivity contribution in [2.45, 2.75) is 76.2 Å². The van der Waals surface area contributed by atoms with Gasteiger partial charge in [0.25, 0.3) is 0 Å². The molecule has 5 heteroatoms. The zero-order valence-corrected chi connectivity index (χ0v) is 19.1. The summed E-state index contributed by atoms with van der Waals surface area (Å²) in [6.45, 7) is 12.7. The second kappa shape index (κ2) is 7.88. The van der Waals surface area contributed by atoms with Crippen LogP contribution in [0, 0.1) is 11.8 Å². The minimum Gasteiger partial charge on any atom is -0.412 e. The summed E-state index contributed by atoms with van der Waals surface area (Å²) in [5.41, 5.74) is 1.14. The van der Waals surface area contributed by atoms with Gasteiger partial charge in [-0.2, -0.15) is 0 Å². The molecule has 1 amide bonds. The highest BCUT2D eigenvalue weighted by atomic mass is 35.5. The topological polar surface area (TPSA) is 29.5 Å². The number of hydrogen-bond acceptors (Lipinski definition) is 2. The normalized spacial score (nSPS) is 29.6. The summed E-state index contributed by atoms with van der Waals surface area (Å²) >= 11 is 6.53. The van der Waals surface area contributed by atoms with E-state index in [1.54, 1.807) is 0 Å². The molecule has 150 valence electrons. The summed E-state index contributed by atoms with van der Waals surface area (Å²) in [4.78, 5) is 15.0. The van der Waals surface area contributed by atoms with Gasteiger partial charge in [0.05, 0.1) is 6.10 Å². The van der Waals surface area contributed by atoms with Crippen LogP contribution in [0.4, 0.5) is 0 Å². The number of carbonyl (C=O) groups is 1. The van der Waals surface area contributed by atoms with E-state index >= 15 is 0 Å². The molecule has 3 nitrogen and oxygen atoms in total. The number of alkyl halides is 1. The molecular weight excluding hydrogens is 374 g/mol. The van der Waals surface area contributed by atoms with Gasteiger partial charge < -0.3 is 9.33 Å². The third-order valence-electron chi connectivity index (χ3n) is 6.63. The van der Waals surface area contributed by atoms with Crippen LogP contribution in [0.2, 0.25) is 18.1 Å². The van der Waals surface area contributed by atoms with E-state index in [4.69, 9.17) is 16.0 Å². The predicted octanol–water partition coefficient (Wildman–Crippen LogP) is 5.44. The second-order valence-electron chi connectivity index (χ2n) is 9.90. The number of nitrogens with zero attached hydrogens (tertiary/aromatic N) is 1. The van der Waals surface area contributed by atoms with Gasteiger partial charge in [0.2, 0.25) is 5.91 Å². The number of amides is 1. The number of carbonyl (C=O) groups excluding carboxylic acids is 1. The molecule has 0 aromatic heterocycles. The first-order chi connectivity index (χ1) is 12.6. The molecule has 0 spiro atoms. The first kappa shape index (κ1) is 20.9. The Kier molecular flexibility index (Phi) is 6.10. The van der Waals surface area contributed by atoms with Crippen LogP contribution < -0.4 is 0 Å². The van der Waals surface area contributed by atoms with Crippen LogP contribution in [0.1, 0.15) is 45.6 Å². The Labute approximate surface area is 170 Å². The van der Waals surface area contributed by atoms with Gasteiger partial charge in [-0.25, -0.2) is 0 Å². The molecule has 0 radical (unpaired) electrons. The summed E-state index contributed by atoms with van der Waals surface area (Å²) in [5, 5.41) is -0.243. The lowest BCUT2D eigenvalue weighted by Crippen LogP contribution is -2.48. The van der Waals surface area contributed by atoms with Crippen molar-refractivity contribution in [1.82, 2.24) is 4.90 Å². The molecule has 1 aliphatic carbocycles. The third kappa shape index (κ3) is 5.15. The van der Waals surface area contributed by atoms with Crippen molar-refractivity contribution >= 4 is 25.8 Å². The maximum atomic E-state index is 13.1. The van der Waals surface area contributed by atoms with E-state index in [-0.39, 0.29) is 17.0 Å². The molecular formula is C22H34ClNO2Si. The van der Waals surface area contributed by atoms with Crippen molar-refractivity contribution in [3.05, 3.63) is 35.9 Å². The highest BCUT2D eigenvalue weighted by Crippen LogP contribution is 2.48. The molecule has 1 aliphatic heterocycles. The van der Waals surface area contributed by atoms with Gasteiger partial charge in [-0.05, 0) is 54.8 Å². The van der Waals surface area contributed by atoms with E-state index in [9.17, 15) is 4.79 Å². The van der Waals surface area contributed by atoms with Crippen LogP contribution >= 0.6 is 11.6 Å². The zero-order valence-electron chi connectivity index (χ0n) is 17.4. The smallest absolute Gasteiger partial charge is 0.241 e. The van der Waals surface area contributed by atoms with E-state index in [1.165, 1.54) is 6.42 Å². The number of hydrogen-bond donors (Lipinski definition) is 0. The van der Waals surface area contributed by atoms with E-state index in [2.05, 4.69) is 46.0 Å². The summed E-state index contributed by atoms with van der Waals surface area (Å²) < 4.78 is 6.78. The Bertz CT molecular complexity index is 658. The lowest BCUT2D eigenvalue weighted by atomic mass is 10.1. The molecule has 2 aliphatic rings. The molecule has 0 N–H and O–H groups in total. The van der Waals surface area contributed by atoms with Crippen molar-refractivity contribution in [2.75, 3.05) is 6.54 Å². The van der Waals surface area contributed by atoms with Crippen LogP contribution in [0.15, 0.2) is 30.3 Å². The molecule has 3 rings (SSSR count). The first-order valence-corrected chi connectivity index (χ1v) is 13.6. The van der Waals surface area contributed by atoms with Crippen LogP contribution in [-0.2, 0) is 15.8 Å². The minimum absolute atomic E-state index is 0.0666. The molecule has 27 heavy (non-hydrogen) atoms. The van der Waals surface area contributed by atoms with Crippen molar-refractivity contribution < 1.29 is 9.22 Å². The fourth-order valence-corrected chi connectivity index (χ4v) is 5.55. The molecule has 1 aromatic rings. The van der Waals surface area contributed by atoms with Gasteiger partial charge in [-0.3, -0.25) is 4.79 Å². The minimum atomic E-state index is -1.89. The highest BCUT2D eigenvalue weighted by molar-refractivity contribution is 6.74. The van der Waals surface area contributed by atoms with E-state index in [0.717, 1.165) is 18.4 Å². The predicted molar refractivity (Wildman–Crippen MR) is 114 cm³/mol. The van der Waals surface area contributed by atoms with Gasteiger partial charge >= 0.3 is 0 Å². The average molecular weight is 408 g/mol. The monoisotopic (exact) mass is 407 g/mol. The second-order valence-corrected chi connectivity index (χ2v) is 15.2. The Morgan fingerprint density at radius 2 is 1.74 bits per heavy atom. The highest BCUT2D eigenvalue weighted by Gasteiger charge is 2.46. The van der Waals surface area contributed by atoms with Crippen LogP contribution in [-0.4, -0.2) is 37.2 Å². The Hall–Kier alpha value is -0.843. The maximum Gasteiger partial charge on any atom is 0.241 e. The molecule has 1 heterocycles. The summed E-state index contributed by atoms with van der Waals surface area (Å²) in [6.07, 6.45) is 3.17. The number of fused-ring (bicyclic) bond motifs is 1. The fraction of sp³-hybridized carbons (Fsp3) is 0.682. The van der Waals surface area contributed by atoms with E-state index in [1.807, 2.05) is 23.1 Å². The van der Waals surface area contributed by atoms with Crippen LogP contribution in [0.5, 0.6) is 0 Å². The summed E-state index contributed by atoms with van der Waals surface area (Å²) in [6, 6.07) is 10.2. The van der Waals surface area contributed by atoms with Crippen LogP contribution in [0.25, 0.3) is 0 Å². The van der Waals surface area contributed by atoms with Crippen molar-refractivity contribution in [2.24, 2.45) is 11.8 Å². The first-order valence-electron chi connectivity index (χ1n) is 10.2. The van der Waals surface area contributed by atoms with Crippen LogP contribution in [0.3, 0.4) is 0 Å². The lowest BCUT2D eigenvalue weighted by molar-refractivity contribution is -0.132. The Morgan fingerprint density at radius 3 is 2.37 bits per heavy atom. The maximum absolute atomic E-state index is 13.1. The van der Waals surface area contributed by atoms with Gasteiger partial charge in [0.1, 0.15) is 5.38 Å². The quantitative estimate of drug-likeness (QED) is 0.491. The molecule has 2 fully saturated rings. The third-order valence-corrected chi connectivity index (χ3v) is 11.5. The number of rotatable bonds is 4. The number of benzene rings is 1. The summed E-state index contributed by atoms with van der Waals surface area (Å²) in [7, 11) is -1.89. The fourth-order valence-electron chi connectivity index (χ4n) is 3.83. The largest absolute Gasteiger partial charge is 0.412 e. The Balaban J connectivity index is 1.81. The van der Waals surface area contributed by atoms with E-state index in [0.29, 0.717) is 24.9 Å². The zero-order chi connectivity index (χ0) is 19.8. The van der Waals surface area contributed by atoms with E-state index < -0.39 is 13.7 Å². The average Bonchev–Trinajstić information content (AvgIpc) is 3.29. The van der Waals surface area contributed by atoms with Crippen molar-refractivity contribution in [3.63, 3.8) is 0 Å².